The Morgan fingerprint density at radius 1 is 1.24 bits per heavy atom. The number of amidine groups is 1. The van der Waals surface area contributed by atoms with E-state index >= 15 is 0 Å². The highest BCUT2D eigenvalue weighted by atomic mass is 35.5. The van der Waals surface area contributed by atoms with Crippen LogP contribution in [0.5, 0.6) is 0 Å². The van der Waals surface area contributed by atoms with Gasteiger partial charge in [-0.05, 0) is 54.4 Å². The molecule has 1 aliphatic rings. The molecule has 0 atom stereocenters. The van der Waals surface area contributed by atoms with Crippen LogP contribution in [0.2, 0.25) is 10.0 Å². The maximum Gasteiger partial charge on any atom is 0.302 e. The van der Waals surface area contributed by atoms with E-state index in [-0.39, 0.29) is 35.2 Å². The van der Waals surface area contributed by atoms with Crippen LogP contribution in [-0.4, -0.2) is 28.0 Å². The number of para-hydroxylation sites is 1. The van der Waals surface area contributed by atoms with E-state index in [0.717, 1.165) is 11.8 Å². The molecule has 0 spiro atoms. The normalized spacial score (nSPS) is 14.7. The zero-order valence-corrected chi connectivity index (χ0v) is 20.6. The summed E-state index contributed by atoms with van der Waals surface area (Å²) in [5.41, 5.74) is 1.45. The minimum absolute atomic E-state index is 0.00675. The molecule has 0 bridgehead atoms. The molecule has 1 aliphatic heterocycles. The molecule has 0 aliphatic carbocycles. The van der Waals surface area contributed by atoms with Crippen molar-refractivity contribution in [1.82, 2.24) is 5.27 Å². The summed E-state index contributed by atoms with van der Waals surface area (Å²) in [6, 6.07) is 14.2. The molecule has 2 aromatic carbocycles. The largest absolute Gasteiger partial charge is 0.302 e. The Labute approximate surface area is 210 Å². The third-order valence-corrected chi connectivity index (χ3v) is 6.21. The van der Waals surface area contributed by atoms with Crippen molar-refractivity contribution in [2.24, 2.45) is 4.99 Å². The van der Waals surface area contributed by atoms with Crippen LogP contribution < -0.4 is 14.9 Å². The molecule has 0 saturated carbocycles. The minimum atomic E-state index is -0.326. The maximum atomic E-state index is 13.2. The van der Waals surface area contributed by atoms with E-state index in [1.54, 1.807) is 47.3 Å². The molecule has 8 nitrogen and oxygen atoms in total. The van der Waals surface area contributed by atoms with E-state index in [9.17, 15) is 9.59 Å². The monoisotopic (exact) mass is 516 g/mol. The number of anilines is 2. The van der Waals surface area contributed by atoms with Gasteiger partial charge in [0.1, 0.15) is 5.70 Å². The number of benzene rings is 2. The fourth-order valence-corrected chi connectivity index (χ4v) is 4.30. The molecule has 34 heavy (non-hydrogen) atoms. The molecule has 1 aromatic heterocycles. The fourth-order valence-electron chi connectivity index (χ4n) is 3.02. The Morgan fingerprint density at radius 3 is 2.68 bits per heavy atom. The fraction of sp³-hybridized carbons (Fsp3) is 0.174. The quantitative estimate of drug-likeness (QED) is 0.369. The van der Waals surface area contributed by atoms with Crippen LogP contribution in [0.15, 0.2) is 69.9 Å². The van der Waals surface area contributed by atoms with Gasteiger partial charge >= 0.3 is 5.88 Å². The molecular formula is C23H20Cl2N5O3S+. The number of rotatable bonds is 6. The van der Waals surface area contributed by atoms with Gasteiger partial charge in [-0.2, -0.15) is 0 Å². The topological polar surface area (TPSA) is 91.7 Å². The molecular weight excluding hydrogens is 497 g/mol. The summed E-state index contributed by atoms with van der Waals surface area (Å²) in [6.07, 6.45) is 3.21. The molecule has 0 saturated heterocycles. The van der Waals surface area contributed by atoms with Gasteiger partial charge in [0.05, 0.1) is 11.4 Å². The zero-order chi connectivity index (χ0) is 24.2. The lowest BCUT2D eigenvalue weighted by molar-refractivity contribution is -0.779. The molecule has 0 fully saturated rings. The highest BCUT2D eigenvalue weighted by Crippen LogP contribution is 2.31. The van der Waals surface area contributed by atoms with Crippen molar-refractivity contribution in [3.63, 3.8) is 0 Å². The first kappa shape index (κ1) is 24.0. The number of hydrogen-bond acceptors (Lipinski definition) is 6. The molecule has 1 N–H and O–H groups in total. The lowest BCUT2D eigenvalue weighted by Gasteiger charge is -2.17. The molecule has 0 unspecified atom stereocenters. The predicted octanol–water partition coefficient (Wildman–Crippen LogP) is 4.97. The first-order valence-corrected chi connectivity index (χ1v) is 12.0. The molecule has 0 radical (unpaired) electrons. The van der Waals surface area contributed by atoms with E-state index in [2.05, 4.69) is 15.6 Å². The van der Waals surface area contributed by atoms with Crippen LogP contribution in [0.4, 0.5) is 11.6 Å². The molecule has 2 heterocycles. The average Bonchev–Trinajstić information content (AvgIpc) is 3.39. The van der Waals surface area contributed by atoms with Crippen LogP contribution in [0.1, 0.15) is 25.5 Å². The summed E-state index contributed by atoms with van der Waals surface area (Å²) < 4.78 is 6.72. The van der Waals surface area contributed by atoms with Crippen molar-refractivity contribution in [2.45, 2.75) is 19.9 Å². The number of amides is 2. The summed E-state index contributed by atoms with van der Waals surface area (Å²) in [5, 5.41) is 7.77. The summed E-state index contributed by atoms with van der Waals surface area (Å²) in [6.45, 7) is 3.89. The Kier molecular flexibility index (Phi) is 7.35. The number of aromatic nitrogens is 2. The van der Waals surface area contributed by atoms with Gasteiger partial charge in [-0.3, -0.25) is 24.3 Å². The Morgan fingerprint density at radius 2 is 2.00 bits per heavy atom. The lowest BCUT2D eigenvalue weighted by Crippen LogP contribution is -2.37. The van der Waals surface area contributed by atoms with Crippen molar-refractivity contribution in [3.8, 4) is 0 Å². The zero-order valence-electron chi connectivity index (χ0n) is 18.2. The molecule has 11 heteroatoms. The van der Waals surface area contributed by atoms with Crippen molar-refractivity contribution < 1.29 is 18.8 Å². The van der Waals surface area contributed by atoms with Gasteiger partial charge < -0.3 is 0 Å². The number of aliphatic imine (C=N–C) groups is 1. The van der Waals surface area contributed by atoms with Gasteiger partial charge in [0.2, 0.25) is 11.2 Å². The van der Waals surface area contributed by atoms with Gasteiger partial charge in [0, 0.05) is 10.0 Å². The Balaban J connectivity index is 1.55. The standard InChI is InChI=1S/C23H19Cl2N5O3S/c1-14(2)29-12-21(33-28-29)27-20(31)13-34-23-26-19(10-15-8-9-16(24)11-18(15)25)22(32)30(23)17-6-4-3-5-7-17/h3-12,14H,13H2,1-2H3/p+1/b19-10+. The van der Waals surface area contributed by atoms with Crippen LogP contribution in [0.3, 0.4) is 0 Å². The number of carbonyl (C=O) groups is 2. The Hall–Kier alpha value is -3.14. The van der Waals surface area contributed by atoms with Gasteiger partial charge in [0.25, 0.3) is 12.1 Å². The lowest BCUT2D eigenvalue weighted by atomic mass is 10.2. The first-order valence-electron chi connectivity index (χ1n) is 10.3. The van der Waals surface area contributed by atoms with Crippen molar-refractivity contribution in [3.05, 3.63) is 76.0 Å². The van der Waals surface area contributed by atoms with Gasteiger partial charge in [-0.15, -0.1) is 0 Å². The average molecular weight is 517 g/mol. The van der Waals surface area contributed by atoms with Crippen molar-refractivity contribution in [2.75, 3.05) is 16.0 Å². The maximum absolute atomic E-state index is 13.2. The number of nitrogens with zero attached hydrogens (tertiary/aromatic N) is 4. The summed E-state index contributed by atoms with van der Waals surface area (Å²) in [5.74, 6) is -0.402. The number of carbonyl (C=O) groups excluding carboxylic acids is 2. The second-order valence-electron chi connectivity index (χ2n) is 7.54. The third-order valence-electron chi connectivity index (χ3n) is 4.71. The van der Waals surface area contributed by atoms with Gasteiger partial charge in [-0.1, -0.05) is 59.2 Å². The first-order chi connectivity index (χ1) is 16.3. The summed E-state index contributed by atoms with van der Waals surface area (Å²) in [4.78, 5) is 31.7. The van der Waals surface area contributed by atoms with E-state index in [1.807, 2.05) is 32.0 Å². The number of hydrogen-bond donors (Lipinski definition) is 1. The van der Waals surface area contributed by atoms with E-state index in [4.69, 9.17) is 27.7 Å². The smallest absolute Gasteiger partial charge is 0.288 e. The molecule has 4 rings (SSSR count). The van der Waals surface area contributed by atoms with Crippen LogP contribution in [0.25, 0.3) is 6.08 Å². The van der Waals surface area contributed by atoms with Crippen LogP contribution in [-0.2, 0) is 9.59 Å². The second-order valence-corrected chi connectivity index (χ2v) is 9.33. The van der Waals surface area contributed by atoms with Crippen LogP contribution in [0, 0.1) is 0 Å². The number of halogens is 2. The predicted molar refractivity (Wildman–Crippen MR) is 134 cm³/mol. The number of nitrogens with one attached hydrogen (secondary N) is 1. The van der Waals surface area contributed by atoms with E-state index in [1.165, 1.54) is 4.90 Å². The van der Waals surface area contributed by atoms with Crippen molar-refractivity contribution >= 4 is 69.6 Å². The summed E-state index contributed by atoms with van der Waals surface area (Å²) >= 11 is 13.4. The summed E-state index contributed by atoms with van der Waals surface area (Å²) in [7, 11) is 0. The Bertz CT molecular complexity index is 1290. The minimum Gasteiger partial charge on any atom is -0.288 e. The van der Waals surface area contributed by atoms with Gasteiger partial charge in [-0.25, -0.2) is 4.99 Å². The highest BCUT2D eigenvalue weighted by molar-refractivity contribution is 8.14. The SMILES string of the molecule is CC(C)[n+]1cc(NC(=O)CSC2=N/C(=C/c3ccc(Cl)cc3Cl)C(=O)N2c2ccccc2)on1. The molecule has 174 valence electrons. The number of thioether (sulfide) groups is 1. The second kappa shape index (κ2) is 10.4. The van der Waals surface area contributed by atoms with Crippen LogP contribution >= 0.6 is 35.0 Å². The van der Waals surface area contributed by atoms with E-state index < -0.39 is 0 Å². The van der Waals surface area contributed by atoms with Crippen molar-refractivity contribution in [1.29, 1.82) is 0 Å². The third kappa shape index (κ3) is 5.49. The molecule has 2 amide bonds. The molecule has 3 aromatic rings. The van der Waals surface area contributed by atoms with Gasteiger partial charge in [0.15, 0.2) is 11.2 Å². The highest BCUT2D eigenvalue weighted by Gasteiger charge is 2.32. The van der Waals surface area contributed by atoms with E-state index in [0.29, 0.717) is 26.5 Å².